The van der Waals surface area contributed by atoms with E-state index in [2.05, 4.69) is 30.3 Å². The van der Waals surface area contributed by atoms with Crippen molar-refractivity contribution in [1.29, 1.82) is 0 Å². The average Bonchev–Trinajstić information content (AvgIpc) is 2.26. The van der Waals surface area contributed by atoms with Crippen LogP contribution in [-0.2, 0) is 0 Å². The Bertz CT molecular complexity index is 323. The second kappa shape index (κ2) is 6.50. The predicted molar refractivity (Wildman–Crippen MR) is 65.9 cm³/mol. The minimum absolute atomic E-state index is 0.371. The molecule has 0 aromatic heterocycles. The van der Waals surface area contributed by atoms with Crippen molar-refractivity contribution in [1.82, 2.24) is 5.32 Å². The largest absolute Gasteiger partial charge is 0.309 e. The van der Waals surface area contributed by atoms with Crippen LogP contribution in [0.3, 0.4) is 0 Å². The first-order chi connectivity index (χ1) is 7.27. The lowest BCUT2D eigenvalue weighted by Gasteiger charge is -2.16. The molecule has 0 spiro atoms. The van der Waals surface area contributed by atoms with Crippen LogP contribution >= 0.6 is 11.6 Å². The van der Waals surface area contributed by atoms with Gasteiger partial charge in [-0.05, 0) is 24.1 Å². The van der Waals surface area contributed by atoms with Crippen LogP contribution in [0.2, 0.25) is 5.02 Å². The van der Waals surface area contributed by atoms with E-state index in [0.717, 1.165) is 24.4 Å². The van der Waals surface area contributed by atoms with Crippen LogP contribution in [-0.4, -0.2) is 6.54 Å². The first-order valence-corrected chi connectivity index (χ1v) is 5.58. The molecule has 0 fully saturated rings. The molecular weight excluding hydrogens is 206 g/mol. The van der Waals surface area contributed by atoms with Crippen LogP contribution in [0.15, 0.2) is 24.3 Å². The van der Waals surface area contributed by atoms with Gasteiger partial charge in [-0.3, -0.25) is 0 Å². The average molecular weight is 222 g/mol. The van der Waals surface area contributed by atoms with Gasteiger partial charge in [0.1, 0.15) is 0 Å². The van der Waals surface area contributed by atoms with Gasteiger partial charge in [-0.25, -0.2) is 0 Å². The Balaban J connectivity index is 2.58. The molecule has 1 unspecified atom stereocenters. The summed E-state index contributed by atoms with van der Waals surface area (Å²) in [5, 5.41) is 4.20. The minimum atomic E-state index is 0.371. The summed E-state index contributed by atoms with van der Waals surface area (Å²) in [5.41, 5.74) is 1.26. The van der Waals surface area contributed by atoms with Gasteiger partial charge < -0.3 is 5.32 Å². The van der Waals surface area contributed by atoms with Gasteiger partial charge in [-0.2, -0.15) is 0 Å². The van der Waals surface area contributed by atoms with Crippen LogP contribution in [0.25, 0.3) is 0 Å². The lowest BCUT2D eigenvalue weighted by atomic mass is 10.0. The van der Waals surface area contributed by atoms with Crippen LogP contribution in [0.5, 0.6) is 0 Å². The number of nitrogens with one attached hydrogen (secondary N) is 1. The summed E-state index contributed by atoms with van der Waals surface area (Å²) in [6, 6.07) is 8.32. The van der Waals surface area contributed by atoms with E-state index in [9.17, 15) is 0 Å². The highest BCUT2D eigenvalue weighted by molar-refractivity contribution is 6.30. The fourth-order valence-electron chi connectivity index (χ4n) is 1.51. The molecule has 0 heterocycles. The van der Waals surface area contributed by atoms with Crippen molar-refractivity contribution in [3.63, 3.8) is 0 Å². The van der Waals surface area contributed by atoms with Gasteiger partial charge in [0.05, 0.1) is 0 Å². The zero-order valence-corrected chi connectivity index (χ0v) is 9.72. The van der Waals surface area contributed by atoms with Crippen LogP contribution in [0.1, 0.15) is 31.4 Å². The second-order valence-corrected chi connectivity index (χ2v) is 3.86. The summed E-state index contributed by atoms with van der Waals surface area (Å²) in [4.78, 5) is 0. The molecule has 15 heavy (non-hydrogen) atoms. The zero-order chi connectivity index (χ0) is 11.1. The predicted octanol–water partition coefficient (Wildman–Crippen LogP) is 3.40. The zero-order valence-electron chi connectivity index (χ0n) is 8.96. The molecular formula is C13H16ClN. The standard InChI is InChI=1S/C13H16ClN/c1-3-5-10-15-13(4-2)11-6-8-12(14)9-7-11/h1,6-9,13,15H,4-5,10H2,2H3. The molecule has 1 atom stereocenters. The monoisotopic (exact) mass is 221 g/mol. The molecule has 0 saturated heterocycles. The van der Waals surface area contributed by atoms with E-state index in [-0.39, 0.29) is 0 Å². The Morgan fingerprint density at radius 1 is 1.40 bits per heavy atom. The van der Waals surface area contributed by atoms with Crippen molar-refractivity contribution >= 4 is 11.6 Å². The summed E-state index contributed by atoms with van der Waals surface area (Å²) in [7, 11) is 0. The highest BCUT2D eigenvalue weighted by Gasteiger charge is 2.07. The third-order valence-electron chi connectivity index (χ3n) is 2.34. The molecule has 1 aromatic carbocycles. The Morgan fingerprint density at radius 2 is 2.07 bits per heavy atom. The lowest BCUT2D eigenvalue weighted by Crippen LogP contribution is -2.21. The molecule has 1 aromatic rings. The molecule has 1 N–H and O–H groups in total. The summed E-state index contributed by atoms with van der Waals surface area (Å²) >= 11 is 5.84. The van der Waals surface area contributed by atoms with E-state index in [1.807, 2.05) is 12.1 Å². The number of rotatable bonds is 5. The van der Waals surface area contributed by atoms with E-state index in [4.69, 9.17) is 18.0 Å². The van der Waals surface area contributed by atoms with Gasteiger partial charge in [0.2, 0.25) is 0 Å². The number of hydrogen-bond donors (Lipinski definition) is 1. The maximum Gasteiger partial charge on any atom is 0.0406 e. The van der Waals surface area contributed by atoms with Gasteiger partial charge in [-0.1, -0.05) is 30.7 Å². The molecule has 0 aliphatic carbocycles. The molecule has 0 aliphatic rings. The first-order valence-electron chi connectivity index (χ1n) is 5.20. The van der Waals surface area contributed by atoms with Gasteiger partial charge in [0, 0.05) is 24.0 Å². The fourth-order valence-corrected chi connectivity index (χ4v) is 1.64. The maximum absolute atomic E-state index is 5.84. The highest BCUT2D eigenvalue weighted by atomic mass is 35.5. The van der Waals surface area contributed by atoms with Crippen molar-refractivity contribution < 1.29 is 0 Å². The summed E-state index contributed by atoms with van der Waals surface area (Å²) < 4.78 is 0. The van der Waals surface area contributed by atoms with Crippen LogP contribution < -0.4 is 5.32 Å². The Morgan fingerprint density at radius 3 is 2.60 bits per heavy atom. The molecule has 0 bridgehead atoms. The fraction of sp³-hybridized carbons (Fsp3) is 0.385. The van der Waals surface area contributed by atoms with Crippen molar-refractivity contribution in [3.05, 3.63) is 34.9 Å². The smallest absolute Gasteiger partial charge is 0.0406 e. The van der Waals surface area contributed by atoms with Crippen molar-refractivity contribution in [3.8, 4) is 12.3 Å². The number of terminal acetylenes is 1. The number of benzene rings is 1. The topological polar surface area (TPSA) is 12.0 Å². The molecule has 0 radical (unpaired) electrons. The Hall–Kier alpha value is -0.970. The minimum Gasteiger partial charge on any atom is -0.309 e. The molecule has 0 aliphatic heterocycles. The molecule has 80 valence electrons. The van der Waals surface area contributed by atoms with E-state index in [1.54, 1.807) is 0 Å². The number of hydrogen-bond acceptors (Lipinski definition) is 1. The van der Waals surface area contributed by atoms with Gasteiger partial charge in [-0.15, -0.1) is 12.3 Å². The Kier molecular flexibility index (Phi) is 5.25. The molecule has 1 rings (SSSR count). The Labute approximate surface area is 96.8 Å². The van der Waals surface area contributed by atoms with Crippen molar-refractivity contribution in [2.24, 2.45) is 0 Å². The molecule has 0 amide bonds. The first kappa shape index (κ1) is 12.1. The van der Waals surface area contributed by atoms with E-state index in [0.29, 0.717) is 6.04 Å². The normalized spacial score (nSPS) is 12.1. The molecule has 2 heteroatoms. The third-order valence-corrected chi connectivity index (χ3v) is 2.59. The van der Waals surface area contributed by atoms with Crippen molar-refractivity contribution in [2.75, 3.05) is 6.54 Å². The SMILES string of the molecule is C#CCCNC(CC)c1ccc(Cl)cc1. The summed E-state index contributed by atoms with van der Waals surface area (Å²) in [6.07, 6.45) is 7.02. The van der Waals surface area contributed by atoms with Gasteiger partial charge in [0.25, 0.3) is 0 Å². The van der Waals surface area contributed by atoms with Crippen LogP contribution in [0.4, 0.5) is 0 Å². The van der Waals surface area contributed by atoms with E-state index < -0.39 is 0 Å². The van der Waals surface area contributed by atoms with Crippen molar-refractivity contribution in [2.45, 2.75) is 25.8 Å². The van der Waals surface area contributed by atoms with Gasteiger partial charge >= 0.3 is 0 Å². The third kappa shape index (κ3) is 3.95. The molecule has 0 saturated carbocycles. The molecule has 1 nitrogen and oxygen atoms in total. The van der Waals surface area contributed by atoms with Crippen LogP contribution in [0, 0.1) is 12.3 Å². The maximum atomic E-state index is 5.84. The second-order valence-electron chi connectivity index (χ2n) is 3.42. The van der Waals surface area contributed by atoms with Gasteiger partial charge in [0.15, 0.2) is 0 Å². The lowest BCUT2D eigenvalue weighted by molar-refractivity contribution is 0.527. The highest BCUT2D eigenvalue weighted by Crippen LogP contribution is 2.18. The summed E-state index contributed by atoms with van der Waals surface area (Å²) in [5.74, 6) is 2.62. The van der Waals surface area contributed by atoms with E-state index in [1.165, 1.54) is 5.56 Å². The number of halogens is 1. The van der Waals surface area contributed by atoms with E-state index >= 15 is 0 Å². The quantitative estimate of drug-likeness (QED) is 0.594. The summed E-state index contributed by atoms with van der Waals surface area (Å²) in [6.45, 7) is 3.01.